The molecule has 0 saturated heterocycles. The Bertz CT molecular complexity index is 3020. The van der Waals surface area contributed by atoms with Gasteiger partial charge >= 0.3 is 0 Å². The summed E-state index contributed by atoms with van der Waals surface area (Å²) in [5, 5.41) is 4.74. The number of aromatic nitrogens is 6. The summed E-state index contributed by atoms with van der Waals surface area (Å²) in [4.78, 5) is 28.0. The van der Waals surface area contributed by atoms with Gasteiger partial charge in [0, 0.05) is 83.7 Å². The number of fused-ring (bicyclic) bond motifs is 7. The lowest BCUT2D eigenvalue weighted by Gasteiger charge is -2.28. The second kappa shape index (κ2) is 15.5. The van der Waals surface area contributed by atoms with Crippen LogP contribution in [0.3, 0.4) is 0 Å². The molecule has 60 heavy (non-hydrogen) atoms. The van der Waals surface area contributed by atoms with Crippen LogP contribution in [0.15, 0.2) is 146 Å². The summed E-state index contributed by atoms with van der Waals surface area (Å²) >= 11 is 0. The molecule has 10 nitrogen and oxygen atoms in total. The van der Waals surface area contributed by atoms with E-state index in [1.54, 1.807) is 12.4 Å². The Morgan fingerprint density at radius 2 is 1.13 bits per heavy atom. The molecule has 2 aliphatic rings. The van der Waals surface area contributed by atoms with Crippen molar-refractivity contribution in [2.24, 2.45) is 0 Å². The Morgan fingerprint density at radius 3 is 1.82 bits per heavy atom. The van der Waals surface area contributed by atoms with Gasteiger partial charge in [0.25, 0.3) is 0 Å². The summed E-state index contributed by atoms with van der Waals surface area (Å²) < 4.78 is 4.51. The van der Waals surface area contributed by atoms with Crippen LogP contribution in [0.5, 0.6) is 0 Å². The highest BCUT2D eigenvalue weighted by Gasteiger charge is 2.35. The van der Waals surface area contributed by atoms with Gasteiger partial charge in [0.1, 0.15) is 23.6 Å². The molecule has 0 amide bonds. The third-order valence-corrected chi connectivity index (χ3v) is 11.8. The Balaban J connectivity index is 0.000000162. The maximum atomic E-state index is 5.06. The highest BCUT2D eigenvalue weighted by molar-refractivity contribution is 6.10. The molecule has 10 heteroatoms. The molecule has 2 atom stereocenters. The third-order valence-electron chi connectivity index (χ3n) is 11.8. The number of hydrogen-bond acceptors (Lipinski definition) is 8. The van der Waals surface area contributed by atoms with Crippen molar-refractivity contribution in [1.82, 2.24) is 34.0 Å². The van der Waals surface area contributed by atoms with E-state index in [9.17, 15) is 0 Å². The number of anilines is 4. The van der Waals surface area contributed by atoms with Crippen molar-refractivity contribution in [2.45, 2.75) is 54.9 Å². The van der Waals surface area contributed by atoms with Crippen molar-refractivity contribution in [1.29, 1.82) is 0 Å². The zero-order valence-corrected chi connectivity index (χ0v) is 33.5. The SMILES string of the molecule is C.C.Cc1cc2c(cc1N1c3nccnc3N(C)[C@@H]1C)c1cccnc1n2-c1ccccc1.Cc1nc2c(cc1N1C=CN(C)[C@@H]1C)c1ccccc1n2-c1ccccc1. The van der Waals surface area contributed by atoms with Crippen LogP contribution in [0.4, 0.5) is 23.0 Å². The van der Waals surface area contributed by atoms with E-state index in [0.717, 1.165) is 62.3 Å². The molecule has 302 valence electrons. The fourth-order valence-electron chi connectivity index (χ4n) is 8.63. The standard InChI is InChI=1S/C25H22N6.C23H22N4.2CH4/c1-16-14-22-20(15-21(16)30-17(2)29(3)24-25(30)28-13-12-27-24)19-10-7-11-26-23(19)31(22)18-8-5-4-6-9-18;1-16-22(26-14-13-25(3)17(26)2)15-20-19-11-7-8-12-21(19)27(23(20)24-16)18-9-5-4-6-10-18;;/h4-15,17H,1-3H3;4-15,17H,1-3H3;2*1H4/t2*17-;;/m00../s1. The summed E-state index contributed by atoms with van der Waals surface area (Å²) in [6.07, 6.45) is 10.0. The first kappa shape index (κ1) is 39.6. The zero-order chi connectivity index (χ0) is 39.7. The number of para-hydroxylation sites is 3. The van der Waals surface area contributed by atoms with E-state index in [-0.39, 0.29) is 27.2 Å². The van der Waals surface area contributed by atoms with Crippen LogP contribution in [0, 0.1) is 13.8 Å². The Labute approximate surface area is 352 Å². The molecular weight excluding hydrogens is 741 g/mol. The molecule has 0 unspecified atom stereocenters. The van der Waals surface area contributed by atoms with Crippen molar-refractivity contribution in [3.8, 4) is 11.4 Å². The van der Waals surface area contributed by atoms with Crippen molar-refractivity contribution >= 4 is 66.9 Å². The number of aryl methyl sites for hydroxylation is 2. The average molecular weight is 793 g/mol. The van der Waals surface area contributed by atoms with Crippen LogP contribution in [-0.2, 0) is 0 Å². The predicted octanol–water partition coefficient (Wildman–Crippen LogP) is 11.5. The smallest absolute Gasteiger partial charge is 0.178 e. The van der Waals surface area contributed by atoms with E-state index in [1.165, 1.54) is 27.2 Å². The molecule has 0 N–H and O–H groups in total. The highest BCUT2D eigenvalue weighted by Crippen LogP contribution is 2.44. The van der Waals surface area contributed by atoms with Crippen molar-refractivity contribution in [2.75, 3.05) is 28.8 Å². The minimum Gasteiger partial charge on any atom is -0.359 e. The lowest BCUT2D eigenvalue weighted by molar-refractivity contribution is 0.383. The number of benzene rings is 4. The van der Waals surface area contributed by atoms with E-state index in [4.69, 9.17) is 9.97 Å². The maximum Gasteiger partial charge on any atom is 0.178 e. The van der Waals surface area contributed by atoms with Gasteiger partial charge in [-0.2, -0.15) is 0 Å². The van der Waals surface area contributed by atoms with E-state index < -0.39 is 0 Å². The average Bonchev–Trinajstić information content (AvgIpc) is 3.95. The molecule has 11 rings (SSSR count). The zero-order valence-electron chi connectivity index (χ0n) is 33.5. The molecule has 5 aromatic heterocycles. The minimum atomic E-state index is 0. The van der Waals surface area contributed by atoms with Crippen LogP contribution in [0.2, 0.25) is 0 Å². The van der Waals surface area contributed by atoms with Gasteiger partial charge < -0.3 is 19.6 Å². The maximum absolute atomic E-state index is 5.06. The Kier molecular flexibility index (Phi) is 10.2. The number of hydrogen-bond donors (Lipinski definition) is 0. The molecule has 0 radical (unpaired) electrons. The molecule has 0 saturated carbocycles. The summed E-state index contributed by atoms with van der Waals surface area (Å²) in [5.41, 5.74) is 11.1. The molecule has 0 fully saturated rings. The fraction of sp³-hybridized carbons (Fsp3) is 0.200. The second-order valence-electron chi connectivity index (χ2n) is 15.2. The van der Waals surface area contributed by atoms with E-state index in [0.29, 0.717) is 0 Å². The van der Waals surface area contributed by atoms with Crippen molar-refractivity contribution in [3.05, 3.63) is 158 Å². The summed E-state index contributed by atoms with van der Waals surface area (Å²) in [5.74, 6) is 1.80. The lowest BCUT2D eigenvalue weighted by Crippen LogP contribution is -2.36. The topological polar surface area (TPSA) is 74.4 Å². The number of nitrogens with zero attached hydrogens (tertiary/aromatic N) is 10. The third kappa shape index (κ3) is 6.18. The van der Waals surface area contributed by atoms with Crippen LogP contribution >= 0.6 is 0 Å². The van der Waals surface area contributed by atoms with Crippen LogP contribution in [-0.4, -0.2) is 60.4 Å². The van der Waals surface area contributed by atoms with Gasteiger partial charge in [0.15, 0.2) is 11.6 Å². The minimum absolute atomic E-state index is 0. The molecule has 2 aliphatic heterocycles. The largest absolute Gasteiger partial charge is 0.359 e. The van der Waals surface area contributed by atoms with Gasteiger partial charge in [0.2, 0.25) is 0 Å². The molecule has 9 aromatic rings. The molecule has 4 aromatic carbocycles. The fourth-order valence-corrected chi connectivity index (χ4v) is 8.63. The summed E-state index contributed by atoms with van der Waals surface area (Å²) in [7, 11) is 4.17. The van der Waals surface area contributed by atoms with Gasteiger partial charge in [-0.1, -0.05) is 69.5 Å². The predicted molar refractivity (Wildman–Crippen MR) is 251 cm³/mol. The molecule has 0 bridgehead atoms. The lowest BCUT2D eigenvalue weighted by atomic mass is 10.1. The summed E-state index contributed by atoms with van der Waals surface area (Å²) in [6, 6.07) is 40.4. The van der Waals surface area contributed by atoms with Crippen LogP contribution in [0.25, 0.3) is 55.2 Å². The van der Waals surface area contributed by atoms with E-state index in [2.05, 4.69) is 190 Å². The van der Waals surface area contributed by atoms with E-state index >= 15 is 0 Å². The second-order valence-corrected chi connectivity index (χ2v) is 15.2. The van der Waals surface area contributed by atoms with Gasteiger partial charge in [-0.15, -0.1) is 0 Å². The Hall–Kier alpha value is -7.20. The number of pyridine rings is 2. The molecule has 0 aliphatic carbocycles. The molecular formula is C50H52N10. The van der Waals surface area contributed by atoms with E-state index in [1.807, 2.05) is 24.4 Å². The van der Waals surface area contributed by atoms with Gasteiger partial charge in [-0.3, -0.25) is 9.13 Å². The Morgan fingerprint density at radius 1 is 0.517 bits per heavy atom. The molecule has 0 spiro atoms. The van der Waals surface area contributed by atoms with Crippen molar-refractivity contribution in [3.63, 3.8) is 0 Å². The molecule has 7 heterocycles. The first-order chi connectivity index (χ1) is 28.3. The first-order valence-electron chi connectivity index (χ1n) is 19.7. The monoisotopic (exact) mass is 792 g/mol. The van der Waals surface area contributed by atoms with Crippen molar-refractivity contribution < 1.29 is 0 Å². The normalized spacial score (nSPS) is 15.7. The summed E-state index contributed by atoms with van der Waals surface area (Å²) in [6.45, 7) is 8.65. The van der Waals surface area contributed by atoms with Gasteiger partial charge in [-0.25, -0.2) is 19.9 Å². The highest BCUT2D eigenvalue weighted by atomic mass is 15.5. The van der Waals surface area contributed by atoms with Crippen LogP contribution < -0.4 is 14.7 Å². The first-order valence-corrected chi connectivity index (χ1v) is 19.7. The van der Waals surface area contributed by atoms with Gasteiger partial charge in [0.05, 0.1) is 22.4 Å². The van der Waals surface area contributed by atoms with Gasteiger partial charge in [-0.05, 0) is 93.9 Å². The number of rotatable bonds is 4. The quantitative estimate of drug-likeness (QED) is 0.174. The van der Waals surface area contributed by atoms with Crippen LogP contribution in [0.1, 0.15) is 40.0 Å².